The van der Waals surface area contributed by atoms with Gasteiger partial charge in [0.25, 0.3) is 11.8 Å². The summed E-state index contributed by atoms with van der Waals surface area (Å²) < 4.78 is 10.1. The van der Waals surface area contributed by atoms with Crippen LogP contribution in [0.2, 0.25) is 0 Å². The minimum absolute atomic E-state index is 0.00592. The maximum Gasteiger partial charge on any atom is 0.433 e. The summed E-state index contributed by atoms with van der Waals surface area (Å²) in [4.78, 5) is 36.0. The zero-order valence-corrected chi connectivity index (χ0v) is 14.1. The quantitative estimate of drug-likeness (QED) is 0.287. The Morgan fingerprint density at radius 2 is 2.08 bits per heavy atom. The first-order valence-corrected chi connectivity index (χ1v) is 7.61. The van der Waals surface area contributed by atoms with Crippen molar-refractivity contribution in [3.8, 4) is 5.75 Å². The second kappa shape index (κ2) is 6.76. The highest BCUT2D eigenvalue weighted by molar-refractivity contribution is 7.80. The van der Waals surface area contributed by atoms with E-state index in [-0.39, 0.29) is 16.4 Å². The first-order valence-electron chi connectivity index (χ1n) is 7.20. The number of nitrogens with one attached hydrogen (secondary N) is 1. The fraction of sp³-hybridized carbons (Fsp3) is 0.0625. The number of hydrogen-bond acceptors (Lipinski definition) is 7. The molecule has 9 nitrogen and oxygen atoms in total. The lowest BCUT2D eigenvalue weighted by Gasteiger charge is -2.28. The van der Waals surface area contributed by atoms with Gasteiger partial charge < -0.3 is 9.15 Å². The first-order chi connectivity index (χ1) is 12.4. The zero-order valence-electron chi connectivity index (χ0n) is 13.3. The molecule has 1 aliphatic rings. The number of carbonyl (C=O) groups is 2. The number of nitrogens with zero attached hydrogens (tertiary/aromatic N) is 2. The van der Waals surface area contributed by atoms with E-state index in [4.69, 9.17) is 21.4 Å². The van der Waals surface area contributed by atoms with Crippen molar-refractivity contribution in [2.45, 2.75) is 0 Å². The number of benzene rings is 1. The molecule has 0 spiro atoms. The van der Waals surface area contributed by atoms with Crippen LogP contribution in [-0.2, 0) is 9.59 Å². The molecule has 2 aromatic rings. The fourth-order valence-electron chi connectivity index (χ4n) is 2.30. The number of amides is 2. The van der Waals surface area contributed by atoms with Crippen molar-refractivity contribution in [3.05, 3.63) is 57.8 Å². The predicted octanol–water partition coefficient (Wildman–Crippen LogP) is 2.03. The fourth-order valence-corrected chi connectivity index (χ4v) is 2.58. The van der Waals surface area contributed by atoms with Gasteiger partial charge in [-0.25, -0.2) is 0 Å². The highest BCUT2D eigenvalue weighted by Gasteiger charge is 2.35. The van der Waals surface area contributed by atoms with Crippen molar-refractivity contribution < 1.29 is 23.7 Å². The van der Waals surface area contributed by atoms with E-state index in [0.29, 0.717) is 11.4 Å². The molecular formula is C16H11N3O6S. The highest BCUT2D eigenvalue weighted by atomic mass is 32.1. The van der Waals surface area contributed by atoms with Gasteiger partial charge in [-0.3, -0.25) is 29.9 Å². The molecule has 0 unspecified atom stereocenters. The van der Waals surface area contributed by atoms with Gasteiger partial charge in [0.2, 0.25) is 0 Å². The molecule has 1 saturated heterocycles. The number of nitro groups is 1. The molecule has 1 aromatic carbocycles. The Morgan fingerprint density at radius 1 is 1.31 bits per heavy atom. The van der Waals surface area contributed by atoms with Crippen LogP contribution in [0.4, 0.5) is 11.6 Å². The normalized spacial score (nSPS) is 16.0. The summed E-state index contributed by atoms with van der Waals surface area (Å²) in [6.07, 6.45) is 1.12. The van der Waals surface area contributed by atoms with Crippen molar-refractivity contribution in [3.63, 3.8) is 0 Å². The van der Waals surface area contributed by atoms with Crippen LogP contribution >= 0.6 is 12.2 Å². The second-order valence-corrected chi connectivity index (χ2v) is 5.48. The Morgan fingerprint density at radius 3 is 2.73 bits per heavy atom. The summed E-state index contributed by atoms with van der Waals surface area (Å²) in [5, 5.41) is 13.0. The molecule has 1 fully saturated rings. The van der Waals surface area contributed by atoms with E-state index in [1.807, 2.05) is 0 Å². The minimum Gasteiger partial charge on any atom is -0.497 e. The number of rotatable bonds is 4. The summed E-state index contributed by atoms with van der Waals surface area (Å²) >= 11 is 5.09. The van der Waals surface area contributed by atoms with Gasteiger partial charge in [0.15, 0.2) is 5.11 Å². The lowest BCUT2D eigenvalue weighted by atomic mass is 10.1. The van der Waals surface area contributed by atoms with Gasteiger partial charge in [-0.15, -0.1) is 0 Å². The molecule has 132 valence electrons. The van der Waals surface area contributed by atoms with Crippen molar-refractivity contribution >= 4 is 46.8 Å². The zero-order chi connectivity index (χ0) is 18.8. The second-order valence-electron chi connectivity index (χ2n) is 5.09. The summed E-state index contributed by atoms with van der Waals surface area (Å²) in [6.45, 7) is 0. The molecule has 0 radical (unpaired) electrons. The summed E-state index contributed by atoms with van der Waals surface area (Å²) in [6, 6.07) is 8.98. The molecule has 2 amide bonds. The van der Waals surface area contributed by atoms with E-state index in [9.17, 15) is 19.7 Å². The van der Waals surface area contributed by atoms with Gasteiger partial charge in [0.1, 0.15) is 22.0 Å². The molecule has 0 bridgehead atoms. The van der Waals surface area contributed by atoms with Gasteiger partial charge in [-0.1, -0.05) is 6.07 Å². The van der Waals surface area contributed by atoms with Gasteiger partial charge in [-0.2, -0.15) is 0 Å². The monoisotopic (exact) mass is 373 g/mol. The summed E-state index contributed by atoms with van der Waals surface area (Å²) in [5.74, 6) is -1.42. The van der Waals surface area contributed by atoms with Crippen molar-refractivity contribution in [1.82, 2.24) is 5.32 Å². The number of ether oxygens (including phenoxy) is 1. The van der Waals surface area contributed by atoms with Crippen LogP contribution in [0.3, 0.4) is 0 Å². The van der Waals surface area contributed by atoms with Crippen molar-refractivity contribution in [2.24, 2.45) is 0 Å². The molecule has 26 heavy (non-hydrogen) atoms. The van der Waals surface area contributed by atoms with Crippen LogP contribution in [-0.4, -0.2) is 29.0 Å². The predicted molar refractivity (Wildman–Crippen MR) is 94.6 cm³/mol. The van der Waals surface area contributed by atoms with Gasteiger partial charge in [0.05, 0.1) is 18.9 Å². The van der Waals surface area contributed by atoms with E-state index in [2.05, 4.69) is 5.32 Å². The molecular weight excluding hydrogens is 362 g/mol. The van der Waals surface area contributed by atoms with Crippen LogP contribution in [0.15, 0.2) is 46.4 Å². The Labute approximate surface area is 152 Å². The lowest BCUT2D eigenvalue weighted by molar-refractivity contribution is -0.402. The van der Waals surface area contributed by atoms with Crippen LogP contribution < -0.4 is 15.0 Å². The Balaban J connectivity index is 1.99. The molecule has 1 N–H and O–H groups in total. The maximum atomic E-state index is 12.8. The van der Waals surface area contributed by atoms with Crippen LogP contribution in [0.1, 0.15) is 5.76 Å². The third-order valence-corrected chi connectivity index (χ3v) is 3.78. The lowest BCUT2D eigenvalue weighted by Crippen LogP contribution is -2.54. The molecule has 1 aliphatic heterocycles. The number of methoxy groups -OCH3 is 1. The van der Waals surface area contributed by atoms with Gasteiger partial charge in [-0.05, 0) is 36.5 Å². The maximum absolute atomic E-state index is 12.8. The average Bonchev–Trinajstić information content (AvgIpc) is 3.08. The minimum atomic E-state index is -0.724. The number of carbonyl (C=O) groups excluding carboxylic acids is 2. The summed E-state index contributed by atoms with van der Waals surface area (Å²) in [7, 11) is 1.48. The molecule has 10 heteroatoms. The standard InChI is InChI=1S/C16H11N3O6S/c1-24-10-4-2-3-9(7-10)18-15(21)12(14(20)17-16(18)26)8-11-5-6-13(25-11)19(22)23/h2-8H,1H3,(H,17,20,26)/b12-8+. The molecule has 1 aromatic heterocycles. The van der Waals surface area contributed by atoms with E-state index >= 15 is 0 Å². The SMILES string of the molecule is COc1cccc(N2C(=O)/C(=C/c3ccc([N+](=O)[O-])o3)C(=O)NC2=S)c1. The Bertz CT molecular complexity index is 964. The largest absolute Gasteiger partial charge is 0.497 e. The third-order valence-electron chi connectivity index (χ3n) is 3.49. The Kier molecular flexibility index (Phi) is 4.50. The summed E-state index contributed by atoms with van der Waals surface area (Å²) in [5.41, 5.74) is 0.126. The van der Waals surface area contributed by atoms with Gasteiger partial charge >= 0.3 is 5.88 Å². The number of furan rings is 1. The van der Waals surface area contributed by atoms with E-state index in [0.717, 1.165) is 17.0 Å². The van der Waals surface area contributed by atoms with E-state index in [1.54, 1.807) is 24.3 Å². The highest BCUT2D eigenvalue weighted by Crippen LogP contribution is 2.26. The first kappa shape index (κ1) is 17.3. The van der Waals surface area contributed by atoms with E-state index < -0.39 is 22.6 Å². The van der Waals surface area contributed by atoms with Crippen LogP contribution in [0.25, 0.3) is 6.08 Å². The number of hydrogen-bond donors (Lipinski definition) is 1. The molecule has 0 aliphatic carbocycles. The van der Waals surface area contributed by atoms with Gasteiger partial charge in [0, 0.05) is 6.07 Å². The van der Waals surface area contributed by atoms with Crippen LogP contribution in [0, 0.1) is 10.1 Å². The average molecular weight is 373 g/mol. The smallest absolute Gasteiger partial charge is 0.433 e. The molecule has 3 rings (SSSR count). The Hall–Kier alpha value is -3.53. The van der Waals surface area contributed by atoms with Crippen molar-refractivity contribution in [2.75, 3.05) is 12.0 Å². The van der Waals surface area contributed by atoms with Crippen molar-refractivity contribution in [1.29, 1.82) is 0 Å². The third kappa shape index (κ3) is 3.17. The van der Waals surface area contributed by atoms with Crippen LogP contribution in [0.5, 0.6) is 5.75 Å². The number of thiocarbonyl (C=S) groups is 1. The molecule has 0 saturated carbocycles. The van der Waals surface area contributed by atoms with E-state index in [1.165, 1.54) is 13.2 Å². The molecule has 0 atom stereocenters. The topological polar surface area (TPSA) is 115 Å². The number of anilines is 1. The molecule has 2 heterocycles.